The summed E-state index contributed by atoms with van der Waals surface area (Å²) in [7, 11) is 0. The van der Waals surface area contributed by atoms with E-state index in [1.807, 2.05) is 17.7 Å². The molecule has 1 fully saturated rings. The highest BCUT2D eigenvalue weighted by molar-refractivity contribution is 7.08. The number of hydrogen-bond donors (Lipinski definition) is 2. The third-order valence-corrected chi connectivity index (χ3v) is 3.72. The number of halogens is 1. The molecule has 5 heteroatoms. The molecule has 90 valence electrons. The van der Waals surface area contributed by atoms with Gasteiger partial charge in [-0.1, -0.05) is 0 Å². The van der Waals surface area contributed by atoms with E-state index in [9.17, 15) is 4.79 Å². The first-order valence-corrected chi connectivity index (χ1v) is 6.20. The zero-order chi connectivity index (χ0) is 10.8. The van der Waals surface area contributed by atoms with E-state index in [0.717, 1.165) is 11.1 Å². The van der Waals surface area contributed by atoms with Crippen LogP contribution in [0.3, 0.4) is 0 Å². The molecule has 2 rings (SSSR count). The fourth-order valence-electron chi connectivity index (χ4n) is 1.71. The summed E-state index contributed by atoms with van der Waals surface area (Å²) in [6, 6.07) is 0.164. The largest absolute Gasteiger partial charge is 0.348 e. The van der Waals surface area contributed by atoms with Gasteiger partial charge in [-0.25, -0.2) is 0 Å². The molecule has 0 aliphatic heterocycles. The van der Waals surface area contributed by atoms with Crippen molar-refractivity contribution in [3.8, 4) is 0 Å². The summed E-state index contributed by atoms with van der Waals surface area (Å²) >= 11 is 1.56. The van der Waals surface area contributed by atoms with Crippen LogP contribution in [0.4, 0.5) is 0 Å². The highest BCUT2D eigenvalue weighted by Gasteiger charge is 2.31. The molecule has 1 aliphatic rings. The van der Waals surface area contributed by atoms with Crippen LogP contribution in [-0.4, -0.2) is 18.5 Å². The smallest absolute Gasteiger partial charge is 0.252 e. The molecule has 0 bridgehead atoms. The Kier molecular flexibility index (Phi) is 4.77. The lowest BCUT2D eigenvalue weighted by Crippen LogP contribution is -2.41. The number of amides is 1. The van der Waals surface area contributed by atoms with Gasteiger partial charge in [-0.3, -0.25) is 4.79 Å². The topological polar surface area (TPSA) is 55.1 Å². The van der Waals surface area contributed by atoms with E-state index in [-0.39, 0.29) is 24.4 Å². The molecule has 0 aromatic carbocycles. The summed E-state index contributed by atoms with van der Waals surface area (Å²) in [5, 5.41) is 6.90. The second-order valence-electron chi connectivity index (χ2n) is 4.12. The SMILES string of the molecule is Cc1cscc1C(=O)NC(CN)C1CC1.Cl. The lowest BCUT2D eigenvalue weighted by molar-refractivity contribution is 0.0933. The number of hydrogen-bond acceptors (Lipinski definition) is 3. The van der Waals surface area contributed by atoms with Crippen molar-refractivity contribution in [2.45, 2.75) is 25.8 Å². The van der Waals surface area contributed by atoms with Crippen LogP contribution in [0.5, 0.6) is 0 Å². The maximum absolute atomic E-state index is 11.9. The Morgan fingerprint density at radius 2 is 2.31 bits per heavy atom. The van der Waals surface area contributed by atoms with Gasteiger partial charge in [0.1, 0.15) is 0 Å². The minimum atomic E-state index is 0. The highest BCUT2D eigenvalue weighted by Crippen LogP contribution is 2.32. The number of aryl methyl sites for hydroxylation is 1. The van der Waals surface area contributed by atoms with E-state index < -0.39 is 0 Å². The van der Waals surface area contributed by atoms with Crippen molar-refractivity contribution in [3.63, 3.8) is 0 Å². The molecule has 1 aromatic heterocycles. The van der Waals surface area contributed by atoms with Crippen LogP contribution in [0, 0.1) is 12.8 Å². The number of carbonyl (C=O) groups is 1. The number of thiophene rings is 1. The van der Waals surface area contributed by atoms with Crippen LogP contribution >= 0.6 is 23.7 Å². The Morgan fingerprint density at radius 3 is 2.75 bits per heavy atom. The number of nitrogens with two attached hydrogens (primary N) is 1. The maximum Gasteiger partial charge on any atom is 0.252 e. The van der Waals surface area contributed by atoms with E-state index in [1.165, 1.54) is 12.8 Å². The normalized spacial score (nSPS) is 16.4. The molecule has 16 heavy (non-hydrogen) atoms. The summed E-state index contributed by atoms with van der Waals surface area (Å²) in [4.78, 5) is 11.9. The summed E-state index contributed by atoms with van der Waals surface area (Å²) < 4.78 is 0. The van der Waals surface area contributed by atoms with Gasteiger partial charge in [0.15, 0.2) is 0 Å². The Morgan fingerprint density at radius 1 is 1.62 bits per heavy atom. The average Bonchev–Trinajstić information content (AvgIpc) is 2.97. The van der Waals surface area contributed by atoms with Gasteiger partial charge in [-0.2, -0.15) is 11.3 Å². The second-order valence-corrected chi connectivity index (χ2v) is 4.87. The summed E-state index contributed by atoms with van der Waals surface area (Å²) in [5.74, 6) is 0.633. The minimum absolute atomic E-state index is 0. The van der Waals surface area contributed by atoms with Gasteiger partial charge in [0.2, 0.25) is 0 Å². The van der Waals surface area contributed by atoms with Crippen molar-refractivity contribution in [3.05, 3.63) is 21.9 Å². The first-order chi connectivity index (χ1) is 7.22. The summed E-state index contributed by atoms with van der Waals surface area (Å²) in [5.41, 5.74) is 7.48. The molecule has 3 nitrogen and oxygen atoms in total. The molecular weight excluding hydrogens is 244 g/mol. The molecular formula is C11H17ClN2OS. The van der Waals surface area contributed by atoms with Crippen molar-refractivity contribution < 1.29 is 4.79 Å². The van der Waals surface area contributed by atoms with Crippen LogP contribution in [0.2, 0.25) is 0 Å². The van der Waals surface area contributed by atoms with Gasteiger partial charge in [-0.15, -0.1) is 12.4 Å². The van der Waals surface area contributed by atoms with Crippen LogP contribution in [0.1, 0.15) is 28.8 Å². The fraction of sp³-hybridized carbons (Fsp3) is 0.545. The molecule has 1 aliphatic carbocycles. The molecule has 1 aromatic rings. The zero-order valence-electron chi connectivity index (χ0n) is 9.23. The Balaban J connectivity index is 0.00000128. The van der Waals surface area contributed by atoms with Crippen molar-refractivity contribution >= 4 is 29.7 Å². The lowest BCUT2D eigenvalue weighted by atomic mass is 10.1. The van der Waals surface area contributed by atoms with Gasteiger partial charge in [0.25, 0.3) is 5.91 Å². The molecule has 1 amide bonds. The molecule has 1 atom stereocenters. The second kappa shape index (κ2) is 5.66. The molecule has 1 saturated carbocycles. The molecule has 1 unspecified atom stereocenters. The van der Waals surface area contributed by atoms with Gasteiger partial charge >= 0.3 is 0 Å². The van der Waals surface area contributed by atoms with Crippen LogP contribution in [0.25, 0.3) is 0 Å². The Labute approximate surface area is 106 Å². The third kappa shape index (κ3) is 2.97. The van der Waals surface area contributed by atoms with E-state index in [1.54, 1.807) is 11.3 Å². The van der Waals surface area contributed by atoms with E-state index in [4.69, 9.17) is 5.73 Å². The molecule has 0 saturated heterocycles. The lowest BCUT2D eigenvalue weighted by Gasteiger charge is -2.15. The number of carbonyl (C=O) groups excluding carboxylic acids is 1. The van der Waals surface area contributed by atoms with Crippen molar-refractivity contribution in [2.75, 3.05) is 6.54 Å². The fourth-order valence-corrected chi connectivity index (χ4v) is 2.54. The number of rotatable bonds is 4. The molecule has 0 radical (unpaired) electrons. The number of nitrogens with one attached hydrogen (secondary N) is 1. The van der Waals surface area contributed by atoms with E-state index >= 15 is 0 Å². The van der Waals surface area contributed by atoms with Crippen molar-refractivity contribution in [2.24, 2.45) is 11.7 Å². The predicted molar refractivity (Wildman–Crippen MR) is 69.3 cm³/mol. The third-order valence-electron chi connectivity index (χ3n) is 2.86. The molecule has 0 spiro atoms. The first-order valence-electron chi connectivity index (χ1n) is 5.26. The van der Waals surface area contributed by atoms with Crippen LogP contribution < -0.4 is 11.1 Å². The molecule has 1 heterocycles. The zero-order valence-corrected chi connectivity index (χ0v) is 10.9. The molecule has 3 N–H and O–H groups in total. The van der Waals surface area contributed by atoms with E-state index in [2.05, 4.69) is 5.32 Å². The quantitative estimate of drug-likeness (QED) is 0.869. The van der Waals surface area contributed by atoms with Gasteiger partial charge in [0, 0.05) is 18.0 Å². The maximum atomic E-state index is 11.9. The Hall–Kier alpha value is -0.580. The van der Waals surface area contributed by atoms with Gasteiger partial charge in [0.05, 0.1) is 5.56 Å². The monoisotopic (exact) mass is 260 g/mol. The predicted octanol–water partition coefficient (Wildman–Crippen LogP) is 1.95. The van der Waals surface area contributed by atoms with Gasteiger partial charge in [-0.05, 0) is 36.6 Å². The summed E-state index contributed by atoms with van der Waals surface area (Å²) in [6.45, 7) is 2.50. The highest BCUT2D eigenvalue weighted by atomic mass is 35.5. The van der Waals surface area contributed by atoms with Crippen molar-refractivity contribution in [1.82, 2.24) is 5.32 Å². The first kappa shape index (κ1) is 13.5. The van der Waals surface area contributed by atoms with Crippen LogP contribution in [-0.2, 0) is 0 Å². The average molecular weight is 261 g/mol. The summed E-state index contributed by atoms with van der Waals surface area (Å²) in [6.07, 6.45) is 2.40. The van der Waals surface area contributed by atoms with Crippen LogP contribution in [0.15, 0.2) is 10.8 Å². The van der Waals surface area contributed by atoms with Gasteiger partial charge < -0.3 is 11.1 Å². The minimum Gasteiger partial charge on any atom is -0.348 e. The van der Waals surface area contributed by atoms with Crippen molar-refractivity contribution in [1.29, 1.82) is 0 Å². The standard InChI is InChI=1S/C11H16N2OS.ClH/c1-7-5-15-6-9(7)11(14)13-10(4-12)8-2-3-8;/h5-6,8,10H,2-4,12H2,1H3,(H,13,14);1H. The Bertz CT molecular complexity index is 363. The van der Waals surface area contributed by atoms with E-state index in [0.29, 0.717) is 12.5 Å².